The Labute approximate surface area is 182 Å². The van der Waals surface area contributed by atoms with Crippen LogP contribution in [0.5, 0.6) is 11.5 Å². The van der Waals surface area contributed by atoms with E-state index in [1.165, 1.54) is 18.2 Å². The molecule has 0 bridgehead atoms. The van der Waals surface area contributed by atoms with Gasteiger partial charge in [0.15, 0.2) is 0 Å². The predicted octanol–water partition coefficient (Wildman–Crippen LogP) is 6.09. The summed E-state index contributed by atoms with van der Waals surface area (Å²) in [6.45, 7) is 8.90. The number of aryl methyl sites for hydroxylation is 1. The maximum Gasteiger partial charge on any atom is 0.406 e. The second-order valence-corrected chi connectivity index (χ2v) is 7.86. The number of carbonyl (C=O) groups excluding carboxylic acids is 1. The first-order chi connectivity index (χ1) is 14.4. The smallest absolute Gasteiger partial charge is 0.406 e. The molecule has 2 N–H and O–H groups in total. The average molecular weight is 418 g/mol. The van der Waals surface area contributed by atoms with Crippen LogP contribution in [-0.2, 0) is 17.6 Å². The number of aromatic hydroxyl groups is 1. The second-order valence-electron chi connectivity index (χ2n) is 7.86. The lowest BCUT2D eigenvalue weighted by atomic mass is 10.00. The van der Waals surface area contributed by atoms with E-state index in [1.807, 2.05) is 12.1 Å². The molecule has 5 heteroatoms. The van der Waals surface area contributed by atoms with Crippen LogP contribution in [0.2, 0.25) is 0 Å². The fourth-order valence-corrected chi connectivity index (χ4v) is 3.07. The zero-order valence-electron chi connectivity index (χ0n) is 19.3. The van der Waals surface area contributed by atoms with Gasteiger partial charge in [-0.15, -0.1) is 0 Å². The van der Waals surface area contributed by atoms with Gasteiger partial charge in [0.2, 0.25) is 0 Å². The number of carbonyl (C=O) groups is 1. The van der Waals surface area contributed by atoms with Crippen LogP contribution in [0.4, 0.5) is 4.79 Å². The zero-order chi connectivity index (χ0) is 22.4. The number of phenolic OH excluding ortho intramolecular Hbond substituents is 1. The van der Waals surface area contributed by atoms with Crippen molar-refractivity contribution in [2.45, 2.75) is 72.6 Å². The van der Waals surface area contributed by atoms with E-state index in [4.69, 9.17) is 9.47 Å². The summed E-state index contributed by atoms with van der Waals surface area (Å²) in [5.41, 5.74) is 4.45. The molecule has 0 aromatic heterocycles. The Morgan fingerprint density at radius 1 is 1.13 bits per heavy atom. The molecule has 0 aliphatic rings. The maximum atomic E-state index is 11.2. The van der Waals surface area contributed by atoms with E-state index in [1.54, 1.807) is 0 Å². The van der Waals surface area contributed by atoms with Crippen LogP contribution in [0, 0.1) is 0 Å². The molecule has 0 radical (unpaired) electrons. The molecule has 0 aliphatic heterocycles. The third-order valence-corrected chi connectivity index (χ3v) is 4.84. The van der Waals surface area contributed by atoms with Crippen molar-refractivity contribution >= 4 is 6.09 Å². The predicted molar refractivity (Wildman–Crippen MR) is 123 cm³/mol. The summed E-state index contributed by atoms with van der Waals surface area (Å²) in [6, 6.07) is 3.86. The van der Waals surface area contributed by atoms with Crippen LogP contribution >= 0.6 is 0 Å². The van der Waals surface area contributed by atoms with Crippen LogP contribution in [0.3, 0.4) is 0 Å². The number of alkyl carbamates (subject to hydrolysis) is 1. The van der Waals surface area contributed by atoms with E-state index < -0.39 is 6.09 Å². The summed E-state index contributed by atoms with van der Waals surface area (Å²) in [5, 5.41) is 13.1. The van der Waals surface area contributed by atoms with E-state index in [0.29, 0.717) is 12.2 Å². The first kappa shape index (κ1) is 25.6. The molecule has 0 saturated heterocycles. The molecule has 0 spiro atoms. The maximum absolute atomic E-state index is 11.2. The van der Waals surface area contributed by atoms with Gasteiger partial charge in [-0.2, -0.15) is 0 Å². The van der Waals surface area contributed by atoms with Crippen molar-refractivity contribution in [2.75, 3.05) is 20.3 Å². The van der Waals surface area contributed by atoms with Gasteiger partial charge in [0.1, 0.15) is 24.7 Å². The van der Waals surface area contributed by atoms with Crippen molar-refractivity contribution in [1.29, 1.82) is 0 Å². The number of phenols is 1. The van der Waals surface area contributed by atoms with Crippen molar-refractivity contribution in [2.24, 2.45) is 0 Å². The minimum absolute atomic E-state index is 0.150. The van der Waals surface area contributed by atoms with Gasteiger partial charge >= 0.3 is 6.09 Å². The first-order valence-electron chi connectivity index (χ1n) is 11.0. The van der Waals surface area contributed by atoms with Gasteiger partial charge in [-0.3, -0.25) is 0 Å². The summed E-state index contributed by atoms with van der Waals surface area (Å²) >= 11 is 0. The quantitative estimate of drug-likeness (QED) is 0.301. The van der Waals surface area contributed by atoms with E-state index in [0.717, 1.165) is 49.7 Å². The Morgan fingerprint density at radius 3 is 2.57 bits per heavy atom. The molecule has 1 rings (SSSR count). The Bertz CT molecular complexity index is 718. The molecule has 1 aromatic carbocycles. The van der Waals surface area contributed by atoms with E-state index in [-0.39, 0.29) is 19.0 Å². The molecule has 0 saturated carbocycles. The number of hydrogen-bond acceptors (Lipinski definition) is 4. The molecule has 30 heavy (non-hydrogen) atoms. The summed E-state index contributed by atoms with van der Waals surface area (Å²) < 4.78 is 10.9. The van der Waals surface area contributed by atoms with Gasteiger partial charge < -0.3 is 19.9 Å². The van der Waals surface area contributed by atoms with Gasteiger partial charge in [0, 0.05) is 12.6 Å². The van der Waals surface area contributed by atoms with Crippen molar-refractivity contribution in [3.63, 3.8) is 0 Å². The molecule has 1 aromatic rings. The standard InChI is InChI=1S/C25H39NO4/c1-6-7-8-12-21-17-23(27)22(14-13-20(4)11-9-10-19(2)3)24(18-21)29-15-16-30-25(28)26-5/h10,13,17-18,27H,6-9,11-12,14-16H2,1-5H3,(H,26,28)/b20-13+. The molecular formula is C25H39NO4. The third kappa shape index (κ3) is 10.4. The van der Waals surface area contributed by atoms with Gasteiger partial charge in [-0.1, -0.05) is 43.1 Å². The SMILES string of the molecule is CCCCCc1cc(O)c(C/C=C(\C)CCC=C(C)C)c(OCCOC(=O)NC)c1. The van der Waals surface area contributed by atoms with E-state index in [9.17, 15) is 9.90 Å². The number of amides is 1. The lowest BCUT2D eigenvalue weighted by Crippen LogP contribution is -2.22. The second kappa shape index (κ2) is 14.5. The monoisotopic (exact) mass is 417 g/mol. The number of allylic oxidation sites excluding steroid dienone is 4. The highest BCUT2D eigenvalue weighted by Crippen LogP contribution is 2.32. The third-order valence-electron chi connectivity index (χ3n) is 4.84. The lowest BCUT2D eigenvalue weighted by molar-refractivity contribution is 0.126. The van der Waals surface area contributed by atoms with Crippen LogP contribution in [0.25, 0.3) is 0 Å². The van der Waals surface area contributed by atoms with Crippen molar-refractivity contribution in [3.8, 4) is 11.5 Å². The highest BCUT2D eigenvalue weighted by Gasteiger charge is 2.12. The molecule has 0 fully saturated rings. The fraction of sp³-hybridized carbons (Fsp3) is 0.560. The normalized spacial score (nSPS) is 11.2. The number of unbranched alkanes of at least 4 members (excludes halogenated alkanes) is 2. The summed E-state index contributed by atoms with van der Waals surface area (Å²) in [6.07, 6.45) is 10.8. The van der Waals surface area contributed by atoms with Gasteiger partial charge in [-0.05, 0) is 70.6 Å². The van der Waals surface area contributed by atoms with E-state index >= 15 is 0 Å². The Kier molecular flexibility index (Phi) is 12.4. The molecule has 5 nitrogen and oxygen atoms in total. The zero-order valence-corrected chi connectivity index (χ0v) is 19.3. The first-order valence-corrected chi connectivity index (χ1v) is 11.0. The number of rotatable bonds is 13. The van der Waals surface area contributed by atoms with Gasteiger partial charge in [0.05, 0.1) is 0 Å². The average Bonchev–Trinajstić information content (AvgIpc) is 2.70. The topological polar surface area (TPSA) is 67.8 Å². The number of nitrogens with one attached hydrogen (secondary N) is 1. The van der Waals surface area contributed by atoms with Crippen LogP contribution < -0.4 is 10.1 Å². The van der Waals surface area contributed by atoms with E-state index in [2.05, 4.69) is 45.2 Å². The van der Waals surface area contributed by atoms with Crippen LogP contribution in [0.1, 0.15) is 70.9 Å². The van der Waals surface area contributed by atoms with Crippen molar-refractivity contribution in [1.82, 2.24) is 5.32 Å². The highest BCUT2D eigenvalue weighted by molar-refractivity contribution is 5.66. The number of benzene rings is 1. The Balaban J connectivity index is 2.89. The summed E-state index contributed by atoms with van der Waals surface area (Å²) in [4.78, 5) is 11.2. The molecule has 0 unspecified atom stereocenters. The Hall–Kier alpha value is -2.43. The molecule has 0 aliphatic carbocycles. The number of ether oxygens (including phenoxy) is 2. The fourth-order valence-electron chi connectivity index (χ4n) is 3.07. The van der Waals surface area contributed by atoms with Crippen LogP contribution in [-0.4, -0.2) is 31.5 Å². The summed E-state index contributed by atoms with van der Waals surface area (Å²) in [7, 11) is 1.52. The van der Waals surface area contributed by atoms with Gasteiger partial charge in [0.25, 0.3) is 0 Å². The summed E-state index contributed by atoms with van der Waals surface area (Å²) in [5.74, 6) is 0.926. The minimum atomic E-state index is -0.482. The molecule has 0 heterocycles. The highest BCUT2D eigenvalue weighted by atomic mass is 16.6. The Morgan fingerprint density at radius 2 is 1.90 bits per heavy atom. The van der Waals surface area contributed by atoms with Gasteiger partial charge in [-0.25, -0.2) is 4.79 Å². The number of hydrogen-bond donors (Lipinski definition) is 2. The van der Waals surface area contributed by atoms with Crippen LogP contribution in [0.15, 0.2) is 35.4 Å². The minimum Gasteiger partial charge on any atom is -0.508 e. The van der Waals surface area contributed by atoms with Crippen molar-refractivity contribution in [3.05, 3.63) is 46.6 Å². The molecule has 168 valence electrons. The lowest BCUT2D eigenvalue weighted by Gasteiger charge is -2.15. The largest absolute Gasteiger partial charge is 0.508 e. The van der Waals surface area contributed by atoms with Crippen molar-refractivity contribution < 1.29 is 19.4 Å². The molecule has 0 atom stereocenters. The molecular weight excluding hydrogens is 378 g/mol. The molecule has 1 amide bonds.